The molecule has 5 nitrogen and oxygen atoms in total. The quantitative estimate of drug-likeness (QED) is 0.882. The number of hydrogen-bond acceptors (Lipinski definition) is 5. The number of aryl methyl sites for hydroxylation is 1. The lowest BCUT2D eigenvalue weighted by atomic mass is 10.1. The Morgan fingerprint density at radius 2 is 2.00 bits per heavy atom. The number of anilines is 1. The second-order valence-electron chi connectivity index (χ2n) is 5.92. The van der Waals surface area contributed by atoms with Crippen LogP contribution in [0.4, 0.5) is 5.69 Å². The van der Waals surface area contributed by atoms with Gasteiger partial charge >= 0.3 is 5.63 Å². The third kappa shape index (κ3) is 2.81. The Kier molecular flexibility index (Phi) is 4.07. The number of fused-ring (bicyclic) bond motifs is 1. The smallest absolute Gasteiger partial charge is 0.338 e. The molecule has 1 saturated heterocycles. The van der Waals surface area contributed by atoms with Gasteiger partial charge in [0.2, 0.25) is 0 Å². The highest BCUT2D eigenvalue weighted by atomic mass is 16.5. The van der Waals surface area contributed by atoms with Crippen molar-refractivity contribution in [2.24, 2.45) is 0 Å². The van der Waals surface area contributed by atoms with E-state index in [0.717, 1.165) is 48.6 Å². The van der Waals surface area contributed by atoms with Crippen molar-refractivity contribution in [1.29, 1.82) is 0 Å². The van der Waals surface area contributed by atoms with Crippen LogP contribution in [-0.2, 0) is 0 Å². The number of nitrogens with one attached hydrogen (secondary N) is 1. The first-order valence-electron chi connectivity index (χ1n) is 7.76. The number of ether oxygens (including phenoxy) is 1. The largest absolute Gasteiger partial charge is 0.491 e. The van der Waals surface area contributed by atoms with Crippen LogP contribution in [0.2, 0.25) is 0 Å². The molecule has 0 atom stereocenters. The minimum atomic E-state index is -0.314. The van der Waals surface area contributed by atoms with Crippen LogP contribution in [0.25, 0.3) is 11.0 Å². The van der Waals surface area contributed by atoms with Crippen molar-refractivity contribution in [3.05, 3.63) is 34.2 Å². The summed E-state index contributed by atoms with van der Waals surface area (Å²) in [4.78, 5) is 14.2. The summed E-state index contributed by atoms with van der Waals surface area (Å²) < 4.78 is 11.3. The van der Waals surface area contributed by atoms with Crippen LogP contribution in [0.1, 0.15) is 19.4 Å². The number of hydrogen-bond donors (Lipinski definition) is 1. The fraction of sp³-hybridized carbons (Fsp3) is 0.471. The molecule has 1 fully saturated rings. The van der Waals surface area contributed by atoms with E-state index in [4.69, 9.17) is 9.15 Å². The summed E-state index contributed by atoms with van der Waals surface area (Å²) in [6.07, 6.45) is 0.0826. The van der Waals surface area contributed by atoms with Gasteiger partial charge in [0.05, 0.1) is 11.8 Å². The zero-order valence-electron chi connectivity index (χ0n) is 13.3. The highest BCUT2D eigenvalue weighted by molar-refractivity contribution is 5.93. The fourth-order valence-electron chi connectivity index (χ4n) is 2.88. The van der Waals surface area contributed by atoms with E-state index in [1.807, 2.05) is 32.9 Å². The molecule has 1 aromatic heterocycles. The molecule has 2 aromatic rings. The molecule has 0 radical (unpaired) electrons. The Balaban J connectivity index is 2.14. The maximum absolute atomic E-state index is 12.0. The first-order chi connectivity index (χ1) is 10.6. The first kappa shape index (κ1) is 14.9. The van der Waals surface area contributed by atoms with Crippen molar-refractivity contribution in [2.45, 2.75) is 26.9 Å². The maximum Gasteiger partial charge on any atom is 0.338 e. The predicted molar refractivity (Wildman–Crippen MR) is 88.1 cm³/mol. The lowest BCUT2D eigenvalue weighted by Gasteiger charge is -2.30. The summed E-state index contributed by atoms with van der Waals surface area (Å²) in [5.41, 5.74) is 2.14. The van der Waals surface area contributed by atoms with Crippen LogP contribution < -0.4 is 20.6 Å². The topological polar surface area (TPSA) is 54.7 Å². The van der Waals surface area contributed by atoms with E-state index >= 15 is 0 Å². The highest BCUT2D eigenvalue weighted by Crippen LogP contribution is 2.32. The third-order valence-electron chi connectivity index (χ3n) is 3.91. The standard InChI is InChI=1S/C17H22N2O3/c1-11(2)21-15-5-4-13-14(19-8-6-18-7-9-19)10-16(20)22-17(13)12(15)3/h4-5,10-11,18H,6-9H2,1-3H3. The average Bonchev–Trinajstić information content (AvgIpc) is 2.50. The van der Waals surface area contributed by atoms with Gasteiger partial charge in [-0.15, -0.1) is 0 Å². The van der Waals surface area contributed by atoms with E-state index in [1.165, 1.54) is 0 Å². The molecule has 2 heterocycles. The Labute approximate surface area is 129 Å². The molecule has 3 rings (SSSR count). The molecule has 0 unspecified atom stereocenters. The van der Waals surface area contributed by atoms with Crippen molar-refractivity contribution in [1.82, 2.24) is 5.32 Å². The van der Waals surface area contributed by atoms with Gasteiger partial charge in [-0.1, -0.05) is 0 Å². The summed E-state index contributed by atoms with van der Waals surface area (Å²) >= 11 is 0. The molecule has 118 valence electrons. The normalized spacial score (nSPS) is 15.5. The lowest BCUT2D eigenvalue weighted by Crippen LogP contribution is -2.43. The van der Waals surface area contributed by atoms with Gasteiger partial charge in [-0.25, -0.2) is 4.79 Å². The van der Waals surface area contributed by atoms with Gasteiger partial charge in [-0.05, 0) is 32.9 Å². The molecule has 1 N–H and O–H groups in total. The Hall–Kier alpha value is -2.01. The molecule has 0 saturated carbocycles. The number of rotatable bonds is 3. The van der Waals surface area contributed by atoms with E-state index in [9.17, 15) is 4.79 Å². The van der Waals surface area contributed by atoms with Gasteiger partial charge in [0.25, 0.3) is 0 Å². The fourth-order valence-corrected chi connectivity index (χ4v) is 2.88. The van der Waals surface area contributed by atoms with Crippen molar-refractivity contribution in [3.63, 3.8) is 0 Å². The van der Waals surface area contributed by atoms with Crippen LogP contribution in [0.3, 0.4) is 0 Å². The molecular weight excluding hydrogens is 280 g/mol. The second-order valence-corrected chi connectivity index (χ2v) is 5.92. The van der Waals surface area contributed by atoms with Crippen LogP contribution in [0.5, 0.6) is 5.75 Å². The Morgan fingerprint density at radius 1 is 1.27 bits per heavy atom. The van der Waals surface area contributed by atoms with E-state index in [-0.39, 0.29) is 11.7 Å². The van der Waals surface area contributed by atoms with Crippen molar-refractivity contribution in [3.8, 4) is 5.75 Å². The minimum absolute atomic E-state index is 0.0826. The molecule has 1 aliphatic rings. The van der Waals surface area contributed by atoms with Gasteiger partial charge in [0.1, 0.15) is 11.3 Å². The summed E-state index contributed by atoms with van der Waals surface area (Å²) in [6, 6.07) is 5.54. The SMILES string of the molecule is Cc1c(OC(C)C)ccc2c(N3CCNCC3)cc(=O)oc12. The zero-order valence-corrected chi connectivity index (χ0v) is 13.3. The van der Waals surface area contributed by atoms with Crippen LogP contribution >= 0.6 is 0 Å². The lowest BCUT2D eigenvalue weighted by molar-refractivity contribution is 0.241. The number of piperazine rings is 1. The van der Waals surface area contributed by atoms with Crippen molar-refractivity contribution < 1.29 is 9.15 Å². The minimum Gasteiger partial charge on any atom is -0.491 e. The van der Waals surface area contributed by atoms with E-state index in [2.05, 4.69) is 10.2 Å². The third-order valence-corrected chi connectivity index (χ3v) is 3.91. The van der Waals surface area contributed by atoms with Crippen molar-refractivity contribution in [2.75, 3.05) is 31.1 Å². The summed E-state index contributed by atoms with van der Waals surface area (Å²) in [6.45, 7) is 9.53. The van der Waals surface area contributed by atoms with Gasteiger partial charge in [-0.3, -0.25) is 0 Å². The molecule has 22 heavy (non-hydrogen) atoms. The van der Waals surface area contributed by atoms with Crippen LogP contribution in [0, 0.1) is 6.92 Å². The Morgan fingerprint density at radius 3 is 2.68 bits per heavy atom. The van der Waals surface area contributed by atoms with Crippen molar-refractivity contribution >= 4 is 16.7 Å². The van der Waals surface area contributed by atoms with E-state index < -0.39 is 0 Å². The summed E-state index contributed by atoms with van der Waals surface area (Å²) in [5, 5.41) is 4.29. The summed E-state index contributed by atoms with van der Waals surface area (Å²) in [7, 11) is 0. The number of nitrogens with zero attached hydrogens (tertiary/aromatic N) is 1. The molecule has 1 aromatic carbocycles. The highest BCUT2D eigenvalue weighted by Gasteiger charge is 2.18. The summed E-state index contributed by atoms with van der Waals surface area (Å²) in [5.74, 6) is 0.767. The predicted octanol–water partition coefficient (Wildman–Crippen LogP) is 2.30. The van der Waals surface area contributed by atoms with E-state index in [1.54, 1.807) is 6.07 Å². The Bertz CT molecular complexity index is 730. The first-order valence-corrected chi connectivity index (χ1v) is 7.76. The van der Waals surface area contributed by atoms with Crippen LogP contribution in [-0.4, -0.2) is 32.3 Å². The molecule has 0 aliphatic carbocycles. The molecule has 0 spiro atoms. The van der Waals surface area contributed by atoms with Gasteiger partial charge in [0, 0.05) is 43.2 Å². The van der Waals surface area contributed by atoms with Crippen LogP contribution in [0.15, 0.2) is 27.4 Å². The zero-order chi connectivity index (χ0) is 15.7. The van der Waals surface area contributed by atoms with E-state index in [0.29, 0.717) is 5.58 Å². The molecule has 5 heteroatoms. The molecule has 0 bridgehead atoms. The molecule has 1 aliphatic heterocycles. The monoisotopic (exact) mass is 302 g/mol. The average molecular weight is 302 g/mol. The maximum atomic E-state index is 12.0. The molecule has 0 amide bonds. The van der Waals surface area contributed by atoms with Gasteiger partial charge in [-0.2, -0.15) is 0 Å². The van der Waals surface area contributed by atoms with Gasteiger partial charge in [0.15, 0.2) is 0 Å². The number of benzene rings is 1. The second kappa shape index (κ2) is 6.01. The molecular formula is C17H22N2O3. The van der Waals surface area contributed by atoms with Gasteiger partial charge < -0.3 is 19.4 Å².